The van der Waals surface area contributed by atoms with Gasteiger partial charge in [-0.3, -0.25) is 0 Å². The van der Waals surface area contributed by atoms with Gasteiger partial charge in [0.25, 0.3) is 0 Å². The zero-order valence-corrected chi connectivity index (χ0v) is 30.7. The maximum absolute atomic E-state index is 6.12. The van der Waals surface area contributed by atoms with Crippen molar-refractivity contribution in [2.45, 2.75) is 168 Å². The summed E-state index contributed by atoms with van der Waals surface area (Å²) in [6.45, 7) is 6.38. The van der Waals surface area contributed by atoms with Crippen LogP contribution >= 0.6 is 0 Å². The van der Waals surface area contributed by atoms with E-state index in [0.717, 1.165) is 37.9 Å². The number of unbranched alkanes of at least 4 members (excludes halogenated alkanes) is 8. The molecule has 2 aliphatic rings. The minimum absolute atomic E-state index is 0.857. The molecule has 0 heterocycles. The van der Waals surface area contributed by atoms with Crippen molar-refractivity contribution in [2.75, 3.05) is 13.2 Å². The highest BCUT2D eigenvalue weighted by Crippen LogP contribution is 2.30. The van der Waals surface area contributed by atoms with E-state index in [-0.39, 0.29) is 0 Å². The highest BCUT2D eigenvalue weighted by Gasteiger charge is 2.16. The van der Waals surface area contributed by atoms with E-state index >= 15 is 0 Å². The van der Waals surface area contributed by atoms with Crippen LogP contribution in [0.1, 0.15) is 165 Å². The van der Waals surface area contributed by atoms with Crippen molar-refractivity contribution < 1.29 is 4.74 Å². The smallest absolute Gasteiger partial charge is 0.0503 e. The Labute approximate surface area is 291 Å². The van der Waals surface area contributed by atoms with Crippen molar-refractivity contribution in [1.82, 2.24) is 0 Å². The lowest BCUT2D eigenvalue weighted by atomic mass is 9.84. The minimum atomic E-state index is 0.857. The summed E-state index contributed by atoms with van der Waals surface area (Å²) in [5, 5.41) is 0. The molecule has 260 valence electrons. The van der Waals surface area contributed by atoms with E-state index < -0.39 is 0 Å². The molecule has 2 aliphatic carbocycles. The van der Waals surface area contributed by atoms with Crippen LogP contribution in [-0.2, 0) is 30.4 Å². The van der Waals surface area contributed by atoms with Gasteiger partial charge in [-0.15, -0.1) is 0 Å². The third-order valence-corrected chi connectivity index (χ3v) is 11.2. The monoisotopic (exact) mass is 639 g/mol. The predicted molar refractivity (Wildman–Crippen MR) is 205 cm³/mol. The van der Waals surface area contributed by atoms with Crippen molar-refractivity contribution in [2.24, 2.45) is 11.8 Å². The fraction of sp³-hybridized carbons (Fsp3) is 0.652. The Bertz CT molecular complexity index is 1050. The Morgan fingerprint density at radius 3 is 1.21 bits per heavy atom. The molecule has 1 heteroatoms. The average molecular weight is 639 g/mol. The van der Waals surface area contributed by atoms with Gasteiger partial charge in [-0.1, -0.05) is 137 Å². The predicted octanol–water partition coefficient (Wildman–Crippen LogP) is 13.5. The summed E-state index contributed by atoms with van der Waals surface area (Å²) in [7, 11) is 0. The van der Waals surface area contributed by atoms with Gasteiger partial charge < -0.3 is 4.74 Å². The summed E-state index contributed by atoms with van der Waals surface area (Å²) < 4.78 is 6.12. The highest BCUT2D eigenvalue weighted by molar-refractivity contribution is 5.24. The summed E-state index contributed by atoms with van der Waals surface area (Å²) in [6, 6.07) is 19.1. The minimum Gasteiger partial charge on any atom is -0.381 e. The molecule has 2 aromatic carbocycles. The third kappa shape index (κ3) is 15.8. The molecule has 47 heavy (non-hydrogen) atoms. The number of benzene rings is 2. The van der Waals surface area contributed by atoms with Crippen molar-refractivity contribution in [3.05, 3.63) is 94.1 Å². The zero-order chi connectivity index (χ0) is 32.8. The van der Waals surface area contributed by atoms with Gasteiger partial charge in [-0.25, -0.2) is 0 Å². The van der Waals surface area contributed by atoms with Gasteiger partial charge in [-0.2, -0.15) is 0 Å². The van der Waals surface area contributed by atoms with Crippen LogP contribution in [0.2, 0.25) is 0 Å². The molecule has 2 aromatic rings. The summed E-state index contributed by atoms with van der Waals surface area (Å²) >= 11 is 0. The molecule has 0 saturated heterocycles. The molecule has 0 N–H and O–H groups in total. The molecule has 0 radical (unpaired) electrons. The molecule has 0 amide bonds. The van der Waals surface area contributed by atoms with E-state index in [4.69, 9.17) is 4.74 Å². The van der Waals surface area contributed by atoms with Crippen LogP contribution in [0.3, 0.4) is 0 Å². The number of aryl methyl sites for hydroxylation is 4. The van der Waals surface area contributed by atoms with Gasteiger partial charge in [0.15, 0.2) is 0 Å². The Kier molecular flexibility index (Phi) is 18.7. The van der Waals surface area contributed by atoms with Crippen molar-refractivity contribution in [3.63, 3.8) is 0 Å². The maximum Gasteiger partial charge on any atom is 0.0503 e. The standard InChI is InChI=1S/C46H70O/c1-3-5-7-9-11-13-39-15-19-41(20-16-39)23-25-43-27-31-45(32-28-43)35-37-47-38-36-46-33-29-44(30-34-46)26-24-42-21-17-40(18-22-42)14-12-10-8-6-4-2/h15-22,31,33,43-44H,3-14,23-30,32,34-38H2,1-2H3. The topological polar surface area (TPSA) is 9.23 Å². The second-order valence-corrected chi connectivity index (χ2v) is 15.2. The Balaban J connectivity index is 0.996. The maximum atomic E-state index is 6.12. The molecular weight excluding hydrogens is 569 g/mol. The van der Waals surface area contributed by atoms with Crippen molar-refractivity contribution >= 4 is 0 Å². The first kappa shape index (κ1) is 37.7. The van der Waals surface area contributed by atoms with E-state index in [1.807, 2.05) is 0 Å². The second kappa shape index (κ2) is 23.3. The molecule has 0 aromatic heterocycles. The first-order valence-corrected chi connectivity index (χ1v) is 20.3. The first-order valence-electron chi connectivity index (χ1n) is 20.3. The molecular formula is C46H70O. The second-order valence-electron chi connectivity index (χ2n) is 15.2. The number of rotatable bonds is 24. The lowest BCUT2D eigenvalue weighted by molar-refractivity contribution is 0.138. The van der Waals surface area contributed by atoms with Gasteiger partial charge in [0.2, 0.25) is 0 Å². The molecule has 2 unspecified atom stereocenters. The van der Waals surface area contributed by atoms with Crippen LogP contribution in [0, 0.1) is 11.8 Å². The van der Waals surface area contributed by atoms with Crippen LogP contribution in [0.4, 0.5) is 0 Å². The summed E-state index contributed by atoms with van der Waals surface area (Å²) in [6.07, 6.45) is 36.5. The van der Waals surface area contributed by atoms with Crippen LogP contribution in [-0.4, -0.2) is 13.2 Å². The number of hydrogen-bond acceptors (Lipinski definition) is 1. The van der Waals surface area contributed by atoms with Gasteiger partial charge in [0.1, 0.15) is 0 Å². The van der Waals surface area contributed by atoms with Gasteiger partial charge >= 0.3 is 0 Å². The lowest BCUT2D eigenvalue weighted by Crippen LogP contribution is -2.10. The molecule has 0 saturated carbocycles. The van der Waals surface area contributed by atoms with Crippen molar-refractivity contribution in [3.8, 4) is 0 Å². The summed E-state index contributed by atoms with van der Waals surface area (Å²) in [4.78, 5) is 0. The molecule has 4 rings (SSSR count). The van der Waals surface area contributed by atoms with Crippen LogP contribution in [0.25, 0.3) is 0 Å². The number of hydrogen-bond donors (Lipinski definition) is 0. The molecule has 1 nitrogen and oxygen atoms in total. The SMILES string of the molecule is CCCCCCCc1ccc(CCC2CC=C(CCOCCC3=CCC(CCc4ccc(CCCCCCC)cc4)CC3)CC2)cc1. The molecule has 0 fully saturated rings. The normalized spacial score (nSPS) is 18.3. The van der Waals surface area contributed by atoms with E-state index in [2.05, 4.69) is 74.5 Å². The fourth-order valence-corrected chi connectivity index (χ4v) is 7.72. The van der Waals surface area contributed by atoms with Gasteiger partial charge in [0, 0.05) is 0 Å². The van der Waals surface area contributed by atoms with Crippen LogP contribution in [0.5, 0.6) is 0 Å². The van der Waals surface area contributed by atoms with E-state index in [9.17, 15) is 0 Å². The Hall–Kier alpha value is -2.12. The van der Waals surface area contributed by atoms with E-state index in [0.29, 0.717) is 0 Å². The third-order valence-electron chi connectivity index (χ3n) is 11.2. The lowest BCUT2D eigenvalue weighted by Gasteiger charge is -2.23. The fourth-order valence-electron chi connectivity index (χ4n) is 7.72. The Morgan fingerprint density at radius 2 is 0.851 bits per heavy atom. The molecule has 0 aliphatic heterocycles. The van der Waals surface area contributed by atoms with Crippen molar-refractivity contribution in [1.29, 1.82) is 0 Å². The summed E-state index contributed by atoms with van der Waals surface area (Å²) in [5.74, 6) is 1.71. The van der Waals surface area contributed by atoms with E-state index in [1.54, 1.807) is 11.1 Å². The van der Waals surface area contributed by atoms with Crippen LogP contribution < -0.4 is 0 Å². The van der Waals surface area contributed by atoms with E-state index in [1.165, 1.54) is 164 Å². The molecule has 0 bridgehead atoms. The number of allylic oxidation sites excluding steroid dienone is 2. The average Bonchev–Trinajstić information content (AvgIpc) is 3.11. The molecule has 0 spiro atoms. The van der Waals surface area contributed by atoms with Gasteiger partial charge in [0.05, 0.1) is 13.2 Å². The van der Waals surface area contributed by atoms with Crippen LogP contribution in [0.15, 0.2) is 71.8 Å². The van der Waals surface area contributed by atoms with Gasteiger partial charge in [-0.05, 0) is 137 Å². The quantitative estimate of drug-likeness (QED) is 0.0821. The molecule has 2 atom stereocenters. The Morgan fingerprint density at radius 1 is 0.468 bits per heavy atom. The summed E-state index contributed by atoms with van der Waals surface area (Å²) in [5.41, 5.74) is 9.37. The largest absolute Gasteiger partial charge is 0.381 e. The first-order chi connectivity index (χ1) is 23.2. The zero-order valence-electron chi connectivity index (χ0n) is 30.7. The highest BCUT2D eigenvalue weighted by atomic mass is 16.5. The number of ether oxygens (including phenoxy) is 1.